The molecule has 10 heteroatoms. The Kier molecular flexibility index (Phi) is 4.87. The molecule has 3 aromatic heterocycles. The van der Waals surface area contributed by atoms with Crippen LogP contribution in [-0.2, 0) is 10.7 Å². The van der Waals surface area contributed by atoms with Crippen LogP contribution < -0.4 is 4.74 Å². The number of aliphatic carboxylic acids is 1. The molecule has 7 nitrogen and oxygen atoms in total. The number of carboxylic acids is 1. The second kappa shape index (κ2) is 7.29. The van der Waals surface area contributed by atoms with Crippen LogP contribution in [0.5, 0.6) is 5.75 Å². The van der Waals surface area contributed by atoms with Crippen molar-refractivity contribution in [3.8, 4) is 11.4 Å². The quantitative estimate of drug-likeness (QED) is 0.459. The Balaban J connectivity index is 2.16. The van der Waals surface area contributed by atoms with Crippen molar-refractivity contribution in [2.45, 2.75) is 32.1 Å². The van der Waals surface area contributed by atoms with Crippen LogP contribution in [0, 0.1) is 5.82 Å². The zero-order chi connectivity index (χ0) is 22.5. The Labute approximate surface area is 174 Å². The predicted octanol–water partition coefficient (Wildman–Crippen LogP) is 4.74. The maximum Gasteiger partial charge on any atom is 0.309 e. The Morgan fingerprint density at radius 2 is 2.06 bits per heavy atom. The number of aromatic nitrogens is 4. The van der Waals surface area contributed by atoms with Crippen LogP contribution in [0.2, 0.25) is 0 Å². The SMILES string of the molecule is COc1cc(-n2c(C(C)C)c(C(F)(F)CC(=O)O)c3nc4[nH]ncc4cc32)ccc1F. The van der Waals surface area contributed by atoms with Gasteiger partial charge in [-0.1, -0.05) is 13.8 Å². The molecular weight excluding hydrogens is 413 g/mol. The second-order valence-corrected chi connectivity index (χ2v) is 7.51. The summed E-state index contributed by atoms with van der Waals surface area (Å²) in [6.45, 7) is 3.44. The number of carbonyl (C=O) groups is 1. The first kappa shape index (κ1) is 20.7. The summed E-state index contributed by atoms with van der Waals surface area (Å²) >= 11 is 0. The summed E-state index contributed by atoms with van der Waals surface area (Å²) in [7, 11) is 1.31. The zero-order valence-corrected chi connectivity index (χ0v) is 16.9. The molecule has 0 unspecified atom stereocenters. The monoisotopic (exact) mass is 432 g/mol. The molecule has 162 valence electrons. The van der Waals surface area contributed by atoms with E-state index >= 15 is 8.78 Å². The van der Waals surface area contributed by atoms with Gasteiger partial charge in [-0.3, -0.25) is 9.89 Å². The summed E-state index contributed by atoms with van der Waals surface area (Å²) in [4.78, 5) is 15.5. The van der Waals surface area contributed by atoms with E-state index in [0.717, 1.165) is 0 Å². The Hall–Kier alpha value is -3.56. The van der Waals surface area contributed by atoms with E-state index in [1.165, 1.54) is 31.5 Å². The fourth-order valence-corrected chi connectivity index (χ4v) is 3.84. The van der Waals surface area contributed by atoms with Crippen LogP contribution in [0.25, 0.3) is 27.8 Å². The number of ether oxygens (including phenoxy) is 1. The molecule has 0 aliphatic rings. The summed E-state index contributed by atoms with van der Waals surface area (Å²) in [5.41, 5.74) is 0.669. The van der Waals surface area contributed by atoms with Crippen molar-refractivity contribution in [1.82, 2.24) is 19.7 Å². The Morgan fingerprint density at radius 3 is 2.71 bits per heavy atom. The molecule has 4 aromatic rings. The molecule has 0 aliphatic heterocycles. The fraction of sp³-hybridized carbons (Fsp3) is 0.286. The molecule has 0 amide bonds. The van der Waals surface area contributed by atoms with Crippen molar-refractivity contribution in [1.29, 1.82) is 0 Å². The molecule has 0 spiro atoms. The minimum Gasteiger partial charge on any atom is -0.494 e. The van der Waals surface area contributed by atoms with Crippen LogP contribution in [0.4, 0.5) is 13.2 Å². The van der Waals surface area contributed by atoms with Crippen LogP contribution in [-0.4, -0.2) is 37.9 Å². The fourth-order valence-electron chi connectivity index (χ4n) is 3.84. The molecule has 0 radical (unpaired) electrons. The number of pyridine rings is 1. The largest absolute Gasteiger partial charge is 0.494 e. The number of hydrogen-bond acceptors (Lipinski definition) is 4. The maximum atomic E-state index is 15.3. The first-order valence-corrected chi connectivity index (χ1v) is 9.46. The lowest BCUT2D eigenvalue weighted by atomic mass is 9.98. The molecule has 0 atom stereocenters. The van der Waals surface area contributed by atoms with Gasteiger partial charge < -0.3 is 14.4 Å². The number of nitrogens with one attached hydrogen (secondary N) is 1. The van der Waals surface area contributed by atoms with E-state index in [2.05, 4.69) is 15.2 Å². The van der Waals surface area contributed by atoms with Gasteiger partial charge in [0, 0.05) is 22.8 Å². The number of alkyl halides is 2. The lowest BCUT2D eigenvalue weighted by Crippen LogP contribution is -2.21. The lowest BCUT2D eigenvalue weighted by molar-refractivity contribution is -0.145. The smallest absolute Gasteiger partial charge is 0.309 e. The summed E-state index contributed by atoms with van der Waals surface area (Å²) in [6.07, 6.45) is 0.121. The third kappa shape index (κ3) is 3.37. The molecule has 0 bridgehead atoms. The van der Waals surface area contributed by atoms with Crippen molar-refractivity contribution in [2.75, 3.05) is 7.11 Å². The minimum absolute atomic E-state index is 0.0463. The van der Waals surface area contributed by atoms with E-state index in [-0.39, 0.29) is 17.0 Å². The van der Waals surface area contributed by atoms with E-state index < -0.39 is 35.6 Å². The maximum absolute atomic E-state index is 15.3. The van der Waals surface area contributed by atoms with Gasteiger partial charge in [0.1, 0.15) is 11.9 Å². The van der Waals surface area contributed by atoms with E-state index in [4.69, 9.17) is 9.84 Å². The number of rotatable bonds is 6. The normalized spacial score (nSPS) is 12.2. The molecule has 0 saturated carbocycles. The van der Waals surface area contributed by atoms with Gasteiger partial charge >= 0.3 is 5.97 Å². The number of benzene rings is 1. The lowest BCUT2D eigenvalue weighted by Gasteiger charge is -2.20. The third-order valence-electron chi connectivity index (χ3n) is 5.06. The van der Waals surface area contributed by atoms with Crippen molar-refractivity contribution in [3.63, 3.8) is 0 Å². The first-order chi connectivity index (χ1) is 14.6. The van der Waals surface area contributed by atoms with Crippen LogP contribution in [0.1, 0.15) is 37.4 Å². The van der Waals surface area contributed by atoms with Crippen molar-refractivity contribution in [2.24, 2.45) is 0 Å². The van der Waals surface area contributed by atoms with Gasteiger partial charge in [0.25, 0.3) is 5.92 Å². The molecule has 0 saturated heterocycles. The van der Waals surface area contributed by atoms with Crippen LogP contribution in [0.15, 0.2) is 30.5 Å². The number of carboxylic acid groups (broad SMARTS) is 1. The van der Waals surface area contributed by atoms with Gasteiger partial charge in [-0.2, -0.15) is 5.10 Å². The minimum atomic E-state index is -3.69. The average Bonchev–Trinajstić information content (AvgIpc) is 3.27. The third-order valence-corrected chi connectivity index (χ3v) is 5.06. The average molecular weight is 432 g/mol. The van der Waals surface area contributed by atoms with E-state index in [1.54, 1.807) is 24.5 Å². The number of H-pyrrole nitrogens is 1. The molecule has 0 fully saturated rings. The number of halogens is 3. The molecule has 1 aromatic carbocycles. The highest BCUT2D eigenvalue weighted by atomic mass is 19.3. The molecule has 3 heterocycles. The topological polar surface area (TPSA) is 93.0 Å². The van der Waals surface area contributed by atoms with Gasteiger partial charge in [0.05, 0.1) is 24.4 Å². The molecule has 0 aliphatic carbocycles. The van der Waals surface area contributed by atoms with Gasteiger partial charge in [0.15, 0.2) is 17.2 Å². The molecule has 4 rings (SSSR count). The highest BCUT2D eigenvalue weighted by molar-refractivity contribution is 5.94. The predicted molar refractivity (Wildman–Crippen MR) is 107 cm³/mol. The number of hydrogen-bond donors (Lipinski definition) is 2. The molecule has 2 N–H and O–H groups in total. The number of fused-ring (bicyclic) bond motifs is 2. The highest BCUT2D eigenvalue weighted by Gasteiger charge is 2.42. The number of nitrogens with zero attached hydrogens (tertiary/aromatic N) is 3. The van der Waals surface area contributed by atoms with Gasteiger partial charge in [-0.25, -0.2) is 18.2 Å². The zero-order valence-electron chi connectivity index (χ0n) is 16.9. The van der Waals surface area contributed by atoms with Crippen molar-refractivity contribution < 1.29 is 27.8 Å². The van der Waals surface area contributed by atoms with Crippen LogP contribution >= 0.6 is 0 Å². The second-order valence-electron chi connectivity index (χ2n) is 7.51. The molecule has 31 heavy (non-hydrogen) atoms. The Bertz CT molecular complexity index is 1310. The summed E-state index contributed by atoms with van der Waals surface area (Å²) < 4.78 is 51.2. The number of aromatic amines is 1. The summed E-state index contributed by atoms with van der Waals surface area (Å²) in [6, 6.07) is 5.67. The van der Waals surface area contributed by atoms with Crippen molar-refractivity contribution in [3.05, 3.63) is 47.5 Å². The summed E-state index contributed by atoms with van der Waals surface area (Å²) in [5.74, 6) is -6.41. The van der Waals surface area contributed by atoms with Crippen LogP contribution in [0.3, 0.4) is 0 Å². The van der Waals surface area contributed by atoms with Gasteiger partial charge in [0.2, 0.25) is 0 Å². The highest BCUT2D eigenvalue weighted by Crippen LogP contribution is 2.44. The standard InChI is InChI=1S/C21H19F3N4O3/c1-10(2)19-17(21(23,24)8-16(29)30)18-14(6-11-9-25-27-20(11)26-18)28(19)12-4-5-13(22)15(7-12)31-3/h4-7,9-10H,8H2,1-3H3,(H,29,30)(H,25,26,27). The Morgan fingerprint density at radius 1 is 1.32 bits per heavy atom. The summed E-state index contributed by atoms with van der Waals surface area (Å²) in [5, 5.41) is 16.2. The van der Waals surface area contributed by atoms with Gasteiger partial charge in [-0.15, -0.1) is 0 Å². The van der Waals surface area contributed by atoms with E-state index in [1.807, 2.05) is 0 Å². The van der Waals surface area contributed by atoms with Crippen molar-refractivity contribution >= 4 is 28.0 Å². The molecular formula is C21H19F3N4O3. The van der Waals surface area contributed by atoms with E-state index in [9.17, 15) is 9.18 Å². The first-order valence-electron chi connectivity index (χ1n) is 9.46. The van der Waals surface area contributed by atoms with E-state index in [0.29, 0.717) is 22.2 Å². The number of methoxy groups -OCH3 is 1. The van der Waals surface area contributed by atoms with Gasteiger partial charge in [-0.05, 0) is 24.1 Å².